The van der Waals surface area contributed by atoms with Crippen LogP contribution in [0.1, 0.15) is 29.2 Å². The van der Waals surface area contributed by atoms with Crippen molar-refractivity contribution >= 4 is 17.5 Å². The van der Waals surface area contributed by atoms with Crippen molar-refractivity contribution in [3.05, 3.63) is 59.5 Å². The van der Waals surface area contributed by atoms with Gasteiger partial charge in [-0.05, 0) is 37.1 Å². The number of benzene rings is 1. The van der Waals surface area contributed by atoms with Crippen LogP contribution in [0.2, 0.25) is 5.02 Å². The van der Waals surface area contributed by atoms with Crippen molar-refractivity contribution in [3.8, 4) is 11.5 Å². The summed E-state index contributed by atoms with van der Waals surface area (Å²) >= 11 is 5.89. The van der Waals surface area contributed by atoms with Crippen LogP contribution in [-0.4, -0.2) is 37.0 Å². The average Bonchev–Trinajstić information content (AvgIpc) is 3.39. The lowest BCUT2D eigenvalue weighted by Gasteiger charge is -2.19. The van der Waals surface area contributed by atoms with Crippen molar-refractivity contribution in [3.63, 3.8) is 0 Å². The number of halogens is 1. The van der Waals surface area contributed by atoms with Crippen LogP contribution in [0.4, 0.5) is 0 Å². The second-order valence-electron chi connectivity index (χ2n) is 5.76. The summed E-state index contributed by atoms with van der Waals surface area (Å²) in [5.41, 5.74) is 1.09. The molecular formula is C17H14ClN5O2. The molecule has 1 aliphatic carbocycles. The zero-order valence-electron chi connectivity index (χ0n) is 13.2. The molecule has 0 atom stereocenters. The molecule has 1 saturated carbocycles. The topological polar surface area (TPSA) is 85.0 Å². The largest absolute Gasteiger partial charge is 0.419 e. The number of hydrogen-bond acceptors (Lipinski definition) is 6. The number of hydrogen-bond donors (Lipinski definition) is 0. The first-order valence-electron chi connectivity index (χ1n) is 7.86. The van der Waals surface area contributed by atoms with E-state index in [1.54, 1.807) is 17.0 Å². The average molecular weight is 356 g/mol. The number of carbonyl (C=O) groups excluding carboxylic acids is 1. The summed E-state index contributed by atoms with van der Waals surface area (Å²) in [6, 6.07) is 7.32. The molecule has 2 aromatic heterocycles. The van der Waals surface area contributed by atoms with Crippen LogP contribution in [0.25, 0.3) is 11.5 Å². The highest BCUT2D eigenvalue weighted by molar-refractivity contribution is 6.30. The second-order valence-corrected chi connectivity index (χ2v) is 6.20. The van der Waals surface area contributed by atoms with E-state index in [2.05, 4.69) is 20.2 Å². The number of aromatic nitrogens is 4. The Morgan fingerprint density at radius 2 is 2.00 bits per heavy atom. The molecule has 0 radical (unpaired) electrons. The number of amides is 1. The maximum Gasteiger partial charge on any atom is 0.274 e. The normalized spacial score (nSPS) is 13.6. The van der Waals surface area contributed by atoms with E-state index in [4.69, 9.17) is 16.0 Å². The molecule has 0 unspecified atom stereocenters. The minimum atomic E-state index is -0.179. The molecule has 8 heteroatoms. The van der Waals surface area contributed by atoms with E-state index in [9.17, 15) is 4.79 Å². The van der Waals surface area contributed by atoms with Gasteiger partial charge in [0.1, 0.15) is 5.69 Å². The minimum Gasteiger partial charge on any atom is -0.419 e. The smallest absolute Gasteiger partial charge is 0.274 e. The van der Waals surface area contributed by atoms with E-state index in [0.717, 1.165) is 18.4 Å². The van der Waals surface area contributed by atoms with Crippen LogP contribution < -0.4 is 0 Å². The molecule has 4 rings (SSSR count). The Morgan fingerprint density at radius 1 is 1.20 bits per heavy atom. The van der Waals surface area contributed by atoms with Gasteiger partial charge < -0.3 is 9.32 Å². The third-order valence-electron chi connectivity index (χ3n) is 3.89. The van der Waals surface area contributed by atoms with E-state index in [-0.39, 0.29) is 18.5 Å². The third-order valence-corrected chi connectivity index (χ3v) is 4.15. The predicted octanol–water partition coefficient (Wildman–Crippen LogP) is 2.98. The quantitative estimate of drug-likeness (QED) is 0.699. The summed E-state index contributed by atoms with van der Waals surface area (Å²) in [6.07, 6.45) is 6.43. The van der Waals surface area contributed by atoms with E-state index in [1.807, 2.05) is 12.1 Å². The summed E-state index contributed by atoms with van der Waals surface area (Å²) < 4.78 is 5.71. The number of nitrogens with zero attached hydrogens (tertiary/aromatic N) is 5. The molecule has 0 N–H and O–H groups in total. The van der Waals surface area contributed by atoms with Gasteiger partial charge in [-0.15, -0.1) is 10.2 Å². The van der Waals surface area contributed by atoms with E-state index in [0.29, 0.717) is 22.5 Å². The second kappa shape index (κ2) is 6.60. The van der Waals surface area contributed by atoms with Gasteiger partial charge in [-0.1, -0.05) is 11.6 Å². The van der Waals surface area contributed by atoms with E-state index in [1.165, 1.54) is 18.6 Å². The van der Waals surface area contributed by atoms with Gasteiger partial charge in [0.25, 0.3) is 5.91 Å². The van der Waals surface area contributed by atoms with Gasteiger partial charge >= 0.3 is 0 Å². The fraction of sp³-hybridized carbons (Fsp3) is 0.235. The molecule has 3 aromatic rings. The Kier molecular flexibility index (Phi) is 4.15. The van der Waals surface area contributed by atoms with Gasteiger partial charge in [-0.3, -0.25) is 9.78 Å². The number of rotatable bonds is 5. The maximum atomic E-state index is 12.7. The monoisotopic (exact) mass is 355 g/mol. The van der Waals surface area contributed by atoms with Crippen LogP contribution in [0, 0.1) is 0 Å². The maximum absolute atomic E-state index is 12.7. The lowest BCUT2D eigenvalue weighted by Crippen LogP contribution is -2.33. The van der Waals surface area contributed by atoms with Gasteiger partial charge in [0.15, 0.2) is 0 Å². The Balaban J connectivity index is 1.53. The van der Waals surface area contributed by atoms with Crippen molar-refractivity contribution in [2.24, 2.45) is 0 Å². The van der Waals surface area contributed by atoms with Gasteiger partial charge in [0, 0.05) is 29.0 Å². The van der Waals surface area contributed by atoms with Gasteiger partial charge in [-0.25, -0.2) is 4.98 Å². The first kappa shape index (κ1) is 15.7. The van der Waals surface area contributed by atoms with E-state index < -0.39 is 0 Å². The number of carbonyl (C=O) groups is 1. The van der Waals surface area contributed by atoms with Crippen molar-refractivity contribution in [2.45, 2.75) is 25.4 Å². The van der Waals surface area contributed by atoms with Crippen molar-refractivity contribution in [1.29, 1.82) is 0 Å². The molecule has 0 bridgehead atoms. The predicted molar refractivity (Wildman–Crippen MR) is 89.7 cm³/mol. The minimum absolute atomic E-state index is 0.179. The Bertz CT molecular complexity index is 878. The highest BCUT2D eigenvalue weighted by atomic mass is 35.5. The fourth-order valence-corrected chi connectivity index (χ4v) is 2.61. The van der Waals surface area contributed by atoms with E-state index >= 15 is 0 Å². The highest BCUT2D eigenvalue weighted by Gasteiger charge is 2.34. The molecule has 1 fully saturated rings. The zero-order valence-corrected chi connectivity index (χ0v) is 13.9. The van der Waals surface area contributed by atoms with Crippen LogP contribution >= 0.6 is 11.6 Å². The van der Waals surface area contributed by atoms with Crippen molar-refractivity contribution in [2.75, 3.05) is 0 Å². The molecule has 0 saturated heterocycles. The Labute approximate surface area is 148 Å². The Morgan fingerprint density at radius 3 is 2.68 bits per heavy atom. The van der Waals surface area contributed by atoms with Crippen LogP contribution in [0.3, 0.4) is 0 Å². The lowest BCUT2D eigenvalue weighted by molar-refractivity contribution is 0.0708. The summed E-state index contributed by atoms with van der Waals surface area (Å²) in [5, 5.41) is 8.75. The van der Waals surface area contributed by atoms with Gasteiger partial charge in [0.2, 0.25) is 11.8 Å². The Hall–Kier alpha value is -2.80. The van der Waals surface area contributed by atoms with Crippen LogP contribution in [0.5, 0.6) is 0 Å². The van der Waals surface area contributed by atoms with Crippen molar-refractivity contribution in [1.82, 2.24) is 25.1 Å². The van der Waals surface area contributed by atoms with Crippen LogP contribution in [-0.2, 0) is 6.54 Å². The molecule has 1 aliphatic rings. The highest BCUT2D eigenvalue weighted by Crippen LogP contribution is 2.30. The van der Waals surface area contributed by atoms with Gasteiger partial charge in [0.05, 0.1) is 12.7 Å². The standard InChI is InChI=1S/C17H14ClN5O2/c18-12-3-1-11(2-4-12)16-22-21-15(25-16)10-23(13-5-6-13)17(24)14-9-19-7-8-20-14/h1-4,7-9,13H,5-6,10H2. The summed E-state index contributed by atoms with van der Waals surface area (Å²) in [5.74, 6) is 0.602. The molecule has 1 amide bonds. The molecule has 0 aliphatic heterocycles. The zero-order chi connectivity index (χ0) is 17.2. The molecule has 1 aromatic carbocycles. The molecule has 2 heterocycles. The first-order valence-corrected chi connectivity index (χ1v) is 8.24. The first-order chi connectivity index (χ1) is 12.2. The molecule has 126 valence electrons. The molecule has 7 nitrogen and oxygen atoms in total. The molecular weight excluding hydrogens is 342 g/mol. The SMILES string of the molecule is O=C(c1cnccn1)N(Cc1nnc(-c2ccc(Cl)cc2)o1)C1CC1. The summed E-state index contributed by atoms with van der Waals surface area (Å²) in [4.78, 5) is 22.4. The van der Waals surface area contributed by atoms with Gasteiger partial charge in [-0.2, -0.15) is 0 Å². The fourth-order valence-electron chi connectivity index (χ4n) is 2.48. The third kappa shape index (κ3) is 3.51. The van der Waals surface area contributed by atoms with Crippen molar-refractivity contribution < 1.29 is 9.21 Å². The van der Waals surface area contributed by atoms with Crippen LogP contribution in [0.15, 0.2) is 47.3 Å². The molecule has 25 heavy (non-hydrogen) atoms. The molecule has 0 spiro atoms. The summed E-state index contributed by atoms with van der Waals surface area (Å²) in [6.45, 7) is 0.251. The summed E-state index contributed by atoms with van der Waals surface area (Å²) in [7, 11) is 0. The lowest BCUT2D eigenvalue weighted by atomic mass is 10.2.